The van der Waals surface area contributed by atoms with Crippen LogP contribution in [0.3, 0.4) is 0 Å². The van der Waals surface area contributed by atoms with Crippen molar-refractivity contribution in [1.29, 1.82) is 0 Å². The second-order valence-corrected chi connectivity index (χ2v) is 10.2. The van der Waals surface area contributed by atoms with E-state index in [1.807, 2.05) is 62.6 Å². The van der Waals surface area contributed by atoms with Gasteiger partial charge >= 0.3 is 6.09 Å². The molecule has 9 heteroatoms. The molecule has 2 rings (SSSR count). The van der Waals surface area contributed by atoms with E-state index in [1.54, 1.807) is 18.0 Å². The molecule has 34 heavy (non-hydrogen) atoms. The lowest BCUT2D eigenvalue weighted by molar-refractivity contribution is -0.128. The van der Waals surface area contributed by atoms with Gasteiger partial charge in [0.25, 0.3) is 0 Å². The van der Waals surface area contributed by atoms with Gasteiger partial charge in [-0.2, -0.15) is 23.5 Å². The first-order valence-corrected chi connectivity index (χ1v) is 13.8. The van der Waals surface area contributed by atoms with Gasteiger partial charge in [0.1, 0.15) is 18.4 Å². The number of hydrogen-bond donors (Lipinski definition) is 2. The van der Waals surface area contributed by atoms with Crippen molar-refractivity contribution in [2.45, 2.75) is 51.1 Å². The number of thioether (sulfide) groups is 2. The van der Waals surface area contributed by atoms with Crippen LogP contribution in [0.5, 0.6) is 0 Å². The van der Waals surface area contributed by atoms with Gasteiger partial charge in [-0.3, -0.25) is 9.59 Å². The van der Waals surface area contributed by atoms with Gasteiger partial charge in [-0.15, -0.1) is 0 Å². The number of ketones is 1. The molecule has 0 saturated carbocycles. The van der Waals surface area contributed by atoms with Crippen LogP contribution < -0.4 is 10.6 Å². The van der Waals surface area contributed by atoms with E-state index in [4.69, 9.17) is 9.15 Å². The Morgan fingerprint density at radius 1 is 1.03 bits per heavy atom. The largest absolute Gasteiger partial charge is 0.468 e. The molecule has 0 radical (unpaired) electrons. The lowest BCUT2D eigenvalue weighted by Crippen LogP contribution is -2.52. The van der Waals surface area contributed by atoms with Gasteiger partial charge < -0.3 is 19.8 Å². The highest BCUT2D eigenvalue weighted by molar-refractivity contribution is 7.99. The number of nitrogens with one attached hydrogen (secondary N) is 2. The summed E-state index contributed by atoms with van der Waals surface area (Å²) in [6.45, 7) is 4.06. The van der Waals surface area contributed by atoms with Crippen LogP contribution in [-0.2, 0) is 26.7 Å². The topological polar surface area (TPSA) is 97.6 Å². The number of amides is 2. The van der Waals surface area contributed by atoms with Crippen LogP contribution in [0.25, 0.3) is 0 Å². The molecule has 0 aliphatic carbocycles. The first-order valence-electron chi connectivity index (χ1n) is 11.3. The molecule has 186 valence electrons. The maximum Gasteiger partial charge on any atom is 0.408 e. The van der Waals surface area contributed by atoms with E-state index in [-0.39, 0.29) is 24.2 Å². The molecule has 2 N–H and O–H groups in total. The molecule has 0 bridgehead atoms. The molecule has 0 aliphatic heterocycles. The summed E-state index contributed by atoms with van der Waals surface area (Å²) in [6, 6.07) is 11.7. The Morgan fingerprint density at radius 2 is 1.79 bits per heavy atom. The van der Waals surface area contributed by atoms with Crippen LogP contribution in [0, 0.1) is 5.92 Å². The number of Topliss-reactive ketones (excluding diaryl/α,β-unsaturated/α-hetero) is 1. The predicted octanol–water partition coefficient (Wildman–Crippen LogP) is 4.66. The van der Waals surface area contributed by atoms with Crippen LogP contribution in [0.2, 0.25) is 0 Å². The number of carbonyl (C=O) groups is 3. The highest BCUT2D eigenvalue weighted by atomic mass is 32.2. The van der Waals surface area contributed by atoms with Crippen molar-refractivity contribution in [2.24, 2.45) is 5.92 Å². The zero-order valence-corrected chi connectivity index (χ0v) is 21.6. The summed E-state index contributed by atoms with van der Waals surface area (Å²) >= 11 is 3.07. The fourth-order valence-electron chi connectivity index (χ4n) is 3.21. The summed E-state index contributed by atoms with van der Waals surface area (Å²) in [5, 5.41) is 5.54. The minimum absolute atomic E-state index is 0.0330. The van der Waals surface area contributed by atoms with Gasteiger partial charge in [0, 0.05) is 0 Å². The van der Waals surface area contributed by atoms with Gasteiger partial charge in [-0.05, 0) is 48.5 Å². The standard InChI is InChI=1S/C25H34N2O5S2/c1-18(2)14-22(27-25(30)32-15-19-8-5-4-6-9-19)24(29)26-21(23(28)17-33-3)11-13-34-16-20-10-7-12-31-20/h4-10,12,18,21-22H,11,13-17H2,1-3H3,(H,26,29)(H,27,30). The third-order valence-corrected chi connectivity index (χ3v) is 6.48. The van der Waals surface area contributed by atoms with Crippen LogP contribution in [0.15, 0.2) is 53.1 Å². The molecule has 2 aromatic rings. The molecule has 2 atom stereocenters. The van der Waals surface area contributed by atoms with Crippen molar-refractivity contribution in [1.82, 2.24) is 10.6 Å². The normalized spacial score (nSPS) is 12.7. The predicted molar refractivity (Wildman–Crippen MR) is 138 cm³/mol. The number of furan rings is 1. The van der Waals surface area contributed by atoms with E-state index in [0.717, 1.165) is 11.3 Å². The number of rotatable bonds is 15. The molecule has 1 aromatic heterocycles. The van der Waals surface area contributed by atoms with E-state index in [2.05, 4.69) is 10.6 Å². The summed E-state index contributed by atoms with van der Waals surface area (Å²) in [6.07, 6.45) is 3.76. The fourth-order valence-corrected chi connectivity index (χ4v) is 4.61. The van der Waals surface area contributed by atoms with Crippen molar-refractivity contribution in [3.8, 4) is 0 Å². The van der Waals surface area contributed by atoms with Crippen molar-refractivity contribution in [2.75, 3.05) is 17.8 Å². The quantitative estimate of drug-likeness (QED) is 0.339. The molecule has 1 heterocycles. The number of benzene rings is 1. The van der Waals surface area contributed by atoms with Crippen molar-refractivity contribution >= 4 is 41.3 Å². The van der Waals surface area contributed by atoms with Gasteiger partial charge in [0.2, 0.25) is 5.91 Å². The molecular weight excluding hydrogens is 472 g/mol. The number of hydrogen-bond acceptors (Lipinski definition) is 7. The average molecular weight is 507 g/mol. The third-order valence-electron chi connectivity index (χ3n) is 4.90. The van der Waals surface area contributed by atoms with E-state index in [1.165, 1.54) is 11.8 Å². The Bertz CT molecular complexity index is 875. The van der Waals surface area contributed by atoms with Gasteiger partial charge in [0.05, 0.1) is 23.8 Å². The van der Waals surface area contributed by atoms with Crippen LogP contribution >= 0.6 is 23.5 Å². The molecule has 7 nitrogen and oxygen atoms in total. The first kappa shape index (κ1) is 27.9. The minimum atomic E-state index is -0.788. The molecule has 0 fully saturated rings. The smallest absolute Gasteiger partial charge is 0.408 e. The summed E-state index contributed by atoms with van der Waals surface area (Å²) in [5.74, 6) is 2.33. The molecule has 0 spiro atoms. The summed E-state index contributed by atoms with van der Waals surface area (Å²) in [4.78, 5) is 38.1. The maximum absolute atomic E-state index is 13.1. The zero-order chi connectivity index (χ0) is 24.8. The molecule has 1 aromatic carbocycles. The molecule has 2 amide bonds. The lowest BCUT2D eigenvalue weighted by atomic mass is 10.0. The number of alkyl carbamates (subject to hydrolysis) is 1. The van der Waals surface area contributed by atoms with E-state index < -0.39 is 18.2 Å². The summed E-state index contributed by atoms with van der Waals surface area (Å²) in [5.41, 5.74) is 0.859. The van der Waals surface area contributed by atoms with Gasteiger partial charge in [-0.25, -0.2) is 4.79 Å². The Labute approximate surface area is 210 Å². The Morgan fingerprint density at radius 3 is 2.44 bits per heavy atom. The minimum Gasteiger partial charge on any atom is -0.468 e. The van der Waals surface area contributed by atoms with Gasteiger partial charge in [-0.1, -0.05) is 44.2 Å². The molecule has 2 unspecified atom stereocenters. The summed E-state index contributed by atoms with van der Waals surface area (Å²) in [7, 11) is 0. The Balaban J connectivity index is 1.92. The van der Waals surface area contributed by atoms with Crippen molar-refractivity contribution in [3.05, 3.63) is 60.1 Å². The maximum atomic E-state index is 13.1. The third kappa shape index (κ3) is 10.7. The zero-order valence-electron chi connectivity index (χ0n) is 20.0. The highest BCUT2D eigenvalue weighted by Crippen LogP contribution is 2.15. The average Bonchev–Trinajstić information content (AvgIpc) is 3.33. The Kier molecular flexibility index (Phi) is 12.7. The van der Waals surface area contributed by atoms with E-state index >= 15 is 0 Å². The van der Waals surface area contributed by atoms with Crippen molar-refractivity contribution in [3.63, 3.8) is 0 Å². The lowest BCUT2D eigenvalue weighted by Gasteiger charge is -2.23. The highest BCUT2D eigenvalue weighted by Gasteiger charge is 2.27. The monoisotopic (exact) mass is 506 g/mol. The first-order chi connectivity index (χ1) is 16.4. The van der Waals surface area contributed by atoms with E-state index in [0.29, 0.717) is 30.1 Å². The molecule has 0 aliphatic rings. The number of carbonyl (C=O) groups excluding carboxylic acids is 3. The second kappa shape index (κ2) is 15.5. The van der Waals surface area contributed by atoms with Crippen LogP contribution in [-0.4, -0.2) is 47.6 Å². The fraction of sp³-hybridized carbons (Fsp3) is 0.480. The van der Waals surface area contributed by atoms with Crippen LogP contribution in [0.4, 0.5) is 4.79 Å². The molecule has 0 saturated heterocycles. The van der Waals surface area contributed by atoms with E-state index in [9.17, 15) is 14.4 Å². The summed E-state index contributed by atoms with van der Waals surface area (Å²) < 4.78 is 10.6. The number of ether oxygens (including phenoxy) is 1. The Hall–Kier alpha value is -2.39. The second-order valence-electron chi connectivity index (χ2n) is 8.27. The SMILES string of the molecule is CSCC(=O)C(CCSCc1ccco1)NC(=O)C(CC(C)C)NC(=O)OCc1ccccc1. The van der Waals surface area contributed by atoms with Crippen LogP contribution in [0.1, 0.15) is 38.0 Å². The molecular formula is C25H34N2O5S2. The van der Waals surface area contributed by atoms with Gasteiger partial charge in [0.15, 0.2) is 5.78 Å². The van der Waals surface area contributed by atoms with Crippen molar-refractivity contribution < 1.29 is 23.5 Å².